The maximum absolute atomic E-state index is 14.1. The van der Waals surface area contributed by atoms with Crippen LogP contribution >= 0.6 is 0 Å². The first-order valence-electron chi connectivity index (χ1n) is 8.46. The number of nitrogens with one attached hydrogen (secondary N) is 1. The lowest BCUT2D eigenvalue weighted by Gasteiger charge is -2.17. The Hall–Kier alpha value is -3.61. The van der Waals surface area contributed by atoms with Crippen LogP contribution in [0.25, 0.3) is 11.5 Å². The van der Waals surface area contributed by atoms with Crippen molar-refractivity contribution in [2.45, 2.75) is 6.04 Å². The van der Waals surface area contributed by atoms with Crippen LogP contribution in [-0.2, 0) is 0 Å². The summed E-state index contributed by atoms with van der Waals surface area (Å²) in [5.41, 5.74) is 0.955. The summed E-state index contributed by atoms with van der Waals surface area (Å²) in [6, 6.07) is 17.6. The summed E-state index contributed by atoms with van der Waals surface area (Å²) in [5, 5.41) is 10.9. The van der Waals surface area contributed by atoms with E-state index in [1.165, 1.54) is 18.2 Å². The zero-order chi connectivity index (χ0) is 19.5. The highest BCUT2D eigenvalue weighted by molar-refractivity contribution is 5.54. The molecule has 0 radical (unpaired) electrons. The molecule has 0 unspecified atom stereocenters. The topological polar surface area (TPSA) is 51.0 Å². The molecule has 0 aliphatic carbocycles. The fourth-order valence-corrected chi connectivity index (χ4v) is 2.79. The molecule has 1 aromatic heterocycles. The Morgan fingerprint density at radius 3 is 2.29 bits per heavy atom. The van der Waals surface area contributed by atoms with Gasteiger partial charge >= 0.3 is 0 Å². The van der Waals surface area contributed by atoms with Gasteiger partial charge in [-0.15, -0.1) is 10.2 Å². The highest BCUT2D eigenvalue weighted by atomic mass is 19.1. The monoisotopic (exact) mass is 381 g/mol. The number of hydrogen-bond donors (Lipinski definition) is 1. The van der Waals surface area contributed by atoms with Crippen LogP contribution in [0, 0.1) is 17.5 Å². The van der Waals surface area contributed by atoms with Crippen LogP contribution in [0.2, 0.25) is 0 Å². The van der Waals surface area contributed by atoms with Crippen molar-refractivity contribution >= 4 is 5.69 Å². The van der Waals surface area contributed by atoms with E-state index in [0.717, 1.165) is 17.7 Å². The van der Waals surface area contributed by atoms with Crippen LogP contribution in [0.1, 0.15) is 17.5 Å². The Labute approximate surface area is 158 Å². The van der Waals surface area contributed by atoms with Gasteiger partial charge in [-0.2, -0.15) is 0 Å². The molecule has 0 fully saturated rings. The molecule has 4 nitrogen and oxygen atoms in total. The van der Waals surface area contributed by atoms with Crippen molar-refractivity contribution in [3.05, 3.63) is 102 Å². The zero-order valence-corrected chi connectivity index (χ0v) is 14.4. The molecular weight excluding hydrogens is 367 g/mol. The van der Waals surface area contributed by atoms with E-state index in [-0.39, 0.29) is 23.0 Å². The van der Waals surface area contributed by atoms with Gasteiger partial charge in [0.15, 0.2) is 0 Å². The second-order valence-corrected chi connectivity index (χ2v) is 6.04. The Morgan fingerprint density at radius 1 is 0.786 bits per heavy atom. The van der Waals surface area contributed by atoms with Gasteiger partial charge in [-0.1, -0.05) is 42.5 Å². The van der Waals surface area contributed by atoms with Crippen molar-refractivity contribution in [3.8, 4) is 11.5 Å². The second kappa shape index (κ2) is 7.56. The van der Waals surface area contributed by atoms with Crippen LogP contribution in [0.5, 0.6) is 0 Å². The molecule has 0 saturated heterocycles. The Kier molecular flexibility index (Phi) is 4.80. The predicted molar refractivity (Wildman–Crippen MR) is 98.0 cm³/mol. The molecule has 140 valence electrons. The minimum atomic E-state index is -0.755. The molecule has 4 aromatic rings. The first kappa shape index (κ1) is 17.8. The molecule has 1 N–H and O–H groups in total. The molecule has 0 spiro atoms. The van der Waals surface area contributed by atoms with Gasteiger partial charge in [0.1, 0.15) is 23.5 Å². The SMILES string of the molecule is Fc1ccc(N[C@H](c2ccccc2)c2nnc(-c3ccccc3F)o2)c(F)c1. The fourth-order valence-electron chi connectivity index (χ4n) is 2.79. The summed E-state index contributed by atoms with van der Waals surface area (Å²) in [4.78, 5) is 0. The lowest BCUT2D eigenvalue weighted by Crippen LogP contribution is -2.14. The van der Waals surface area contributed by atoms with Gasteiger partial charge in [-0.25, -0.2) is 13.2 Å². The van der Waals surface area contributed by atoms with Crippen molar-refractivity contribution in [1.29, 1.82) is 0 Å². The quantitative estimate of drug-likeness (QED) is 0.506. The van der Waals surface area contributed by atoms with Crippen LogP contribution in [0.3, 0.4) is 0 Å². The number of nitrogens with zero attached hydrogens (tertiary/aromatic N) is 2. The van der Waals surface area contributed by atoms with E-state index in [9.17, 15) is 13.2 Å². The van der Waals surface area contributed by atoms with Crippen LogP contribution < -0.4 is 5.32 Å². The number of benzene rings is 3. The Morgan fingerprint density at radius 2 is 1.54 bits per heavy atom. The Balaban J connectivity index is 1.73. The minimum absolute atomic E-state index is 0.00964. The first-order valence-corrected chi connectivity index (χ1v) is 8.46. The summed E-state index contributed by atoms with van der Waals surface area (Å²) in [5.74, 6) is -1.80. The van der Waals surface area contributed by atoms with E-state index < -0.39 is 23.5 Å². The smallest absolute Gasteiger partial charge is 0.250 e. The number of hydrogen-bond acceptors (Lipinski definition) is 4. The number of aromatic nitrogens is 2. The first-order chi connectivity index (χ1) is 13.6. The average Bonchev–Trinajstić information content (AvgIpc) is 3.18. The molecule has 1 atom stereocenters. The van der Waals surface area contributed by atoms with E-state index >= 15 is 0 Å². The average molecular weight is 381 g/mol. The number of rotatable bonds is 5. The fraction of sp³-hybridized carbons (Fsp3) is 0.0476. The van der Waals surface area contributed by atoms with Crippen LogP contribution in [0.4, 0.5) is 18.9 Å². The minimum Gasteiger partial charge on any atom is -0.418 e. The summed E-state index contributed by atoms with van der Waals surface area (Å²) in [6.07, 6.45) is 0. The molecule has 0 aliphatic heterocycles. The summed E-state index contributed by atoms with van der Waals surface area (Å²) in [6.45, 7) is 0. The molecular formula is C21H14F3N3O. The molecule has 0 bridgehead atoms. The predicted octanol–water partition coefficient (Wildman–Crippen LogP) is 5.36. The van der Waals surface area contributed by atoms with Crippen molar-refractivity contribution in [2.24, 2.45) is 0 Å². The molecule has 4 rings (SSSR count). The van der Waals surface area contributed by atoms with Crippen LogP contribution in [0.15, 0.2) is 77.2 Å². The third kappa shape index (κ3) is 3.59. The molecule has 1 heterocycles. The number of anilines is 1. The summed E-state index contributed by atoms with van der Waals surface area (Å²) in [7, 11) is 0. The number of halogens is 3. The van der Waals surface area contributed by atoms with Gasteiger partial charge in [-0.05, 0) is 29.8 Å². The third-order valence-electron chi connectivity index (χ3n) is 4.16. The molecule has 0 amide bonds. The molecule has 7 heteroatoms. The van der Waals surface area contributed by atoms with Crippen molar-refractivity contribution in [2.75, 3.05) is 5.32 Å². The van der Waals surface area contributed by atoms with Crippen molar-refractivity contribution in [1.82, 2.24) is 10.2 Å². The molecule has 0 aliphatic rings. The van der Waals surface area contributed by atoms with Gasteiger partial charge in [0.05, 0.1) is 11.3 Å². The molecule has 28 heavy (non-hydrogen) atoms. The van der Waals surface area contributed by atoms with E-state index in [4.69, 9.17) is 4.42 Å². The second-order valence-electron chi connectivity index (χ2n) is 6.04. The van der Waals surface area contributed by atoms with Gasteiger partial charge < -0.3 is 9.73 Å². The highest BCUT2D eigenvalue weighted by Crippen LogP contribution is 2.30. The largest absolute Gasteiger partial charge is 0.418 e. The maximum Gasteiger partial charge on any atom is 0.250 e. The normalized spacial score (nSPS) is 12.0. The maximum atomic E-state index is 14.1. The van der Waals surface area contributed by atoms with Crippen molar-refractivity contribution in [3.63, 3.8) is 0 Å². The van der Waals surface area contributed by atoms with E-state index in [2.05, 4.69) is 15.5 Å². The van der Waals surface area contributed by atoms with E-state index in [1.54, 1.807) is 36.4 Å². The Bertz CT molecular complexity index is 1100. The van der Waals surface area contributed by atoms with Crippen molar-refractivity contribution < 1.29 is 17.6 Å². The molecule has 0 saturated carbocycles. The molecule has 3 aromatic carbocycles. The van der Waals surface area contributed by atoms with Gasteiger partial charge in [-0.3, -0.25) is 0 Å². The summed E-state index contributed by atoms with van der Waals surface area (Å²) >= 11 is 0. The standard InChI is InChI=1S/C21H14F3N3O/c22-14-10-11-18(17(24)12-14)25-19(13-6-2-1-3-7-13)21-27-26-20(28-21)15-8-4-5-9-16(15)23/h1-12,19,25H/t19-/m1/s1. The third-order valence-corrected chi connectivity index (χ3v) is 4.16. The van der Waals surface area contributed by atoms with E-state index in [1.807, 2.05) is 6.07 Å². The zero-order valence-electron chi connectivity index (χ0n) is 14.4. The lowest BCUT2D eigenvalue weighted by molar-refractivity contribution is 0.489. The van der Waals surface area contributed by atoms with Gasteiger partial charge in [0.2, 0.25) is 5.89 Å². The van der Waals surface area contributed by atoms with Gasteiger partial charge in [0, 0.05) is 6.07 Å². The van der Waals surface area contributed by atoms with Crippen LogP contribution in [-0.4, -0.2) is 10.2 Å². The highest BCUT2D eigenvalue weighted by Gasteiger charge is 2.23. The summed E-state index contributed by atoms with van der Waals surface area (Å²) < 4.78 is 47.1. The lowest BCUT2D eigenvalue weighted by atomic mass is 10.1. The van der Waals surface area contributed by atoms with E-state index in [0.29, 0.717) is 0 Å². The van der Waals surface area contributed by atoms with Gasteiger partial charge in [0.25, 0.3) is 5.89 Å².